The predicted molar refractivity (Wildman–Crippen MR) is 89.3 cm³/mol. The van der Waals surface area contributed by atoms with Gasteiger partial charge in [0.1, 0.15) is 0 Å². The quantitative estimate of drug-likeness (QED) is 0.884. The highest BCUT2D eigenvalue weighted by Crippen LogP contribution is 2.43. The van der Waals surface area contributed by atoms with E-state index in [1.165, 1.54) is 31.4 Å². The second kappa shape index (κ2) is 6.50. The van der Waals surface area contributed by atoms with Gasteiger partial charge in [-0.2, -0.15) is 0 Å². The molecule has 1 saturated heterocycles. The van der Waals surface area contributed by atoms with Gasteiger partial charge in [0.05, 0.1) is 0 Å². The molecule has 1 aliphatic heterocycles. The van der Waals surface area contributed by atoms with Crippen LogP contribution in [-0.4, -0.2) is 30.1 Å². The first-order valence-corrected chi connectivity index (χ1v) is 8.73. The average molecular weight is 286 g/mol. The molecule has 0 bridgehead atoms. The zero-order chi connectivity index (χ0) is 14.8. The monoisotopic (exact) mass is 286 g/mol. The van der Waals surface area contributed by atoms with Crippen LogP contribution >= 0.6 is 0 Å². The fourth-order valence-corrected chi connectivity index (χ4v) is 4.00. The van der Waals surface area contributed by atoms with Gasteiger partial charge in [-0.05, 0) is 30.2 Å². The summed E-state index contributed by atoms with van der Waals surface area (Å²) in [6.07, 6.45) is 4.04. The molecule has 1 aromatic carbocycles. The van der Waals surface area contributed by atoms with Gasteiger partial charge in [0.25, 0.3) is 0 Å². The molecule has 4 unspecified atom stereocenters. The third kappa shape index (κ3) is 3.49. The van der Waals surface area contributed by atoms with Crippen molar-refractivity contribution >= 4 is 0 Å². The van der Waals surface area contributed by atoms with E-state index in [1.807, 2.05) is 0 Å². The lowest BCUT2D eigenvalue weighted by molar-refractivity contribution is 0.107. The molecule has 2 heteroatoms. The van der Waals surface area contributed by atoms with Gasteiger partial charge < -0.3 is 5.32 Å². The SMILES string of the molecule is CCC1CC1N1CC(CC(C)C)NCC1c1ccccc1. The maximum absolute atomic E-state index is 3.80. The van der Waals surface area contributed by atoms with Gasteiger partial charge >= 0.3 is 0 Å². The van der Waals surface area contributed by atoms with Crippen LogP contribution in [0.2, 0.25) is 0 Å². The highest BCUT2D eigenvalue weighted by molar-refractivity contribution is 5.21. The molecule has 2 nitrogen and oxygen atoms in total. The highest BCUT2D eigenvalue weighted by Gasteiger charge is 2.45. The molecule has 0 spiro atoms. The van der Waals surface area contributed by atoms with Crippen LogP contribution in [0.5, 0.6) is 0 Å². The Hall–Kier alpha value is -0.860. The van der Waals surface area contributed by atoms with Gasteiger partial charge in [0, 0.05) is 31.2 Å². The van der Waals surface area contributed by atoms with Crippen molar-refractivity contribution in [3.8, 4) is 0 Å². The number of rotatable bonds is 5. The fraction of sp³-hybridized carbons (Fsp3) is 0.684. The first-order valence-electron chi connectivity index (χ1n) is 8.73. The highest BCUT2D eigenvalue weighted by atomic mass is 15.3. The minimum atomic E-state index is 0.566. The summed E-state index contributed by atoms with van der Waals surface area (Å²) in [6.45, 7) is 9.34. The van der Waals surface area contributed by atoms with Gasteiger partial charge in [-0.1, -0.05) is 57.5 Å². The zero-order valence-corrected chi connectivity index (χ0v) is 13.8. The number of nitrogens with one attached hydrogen (secondary N) is 1. The Morgan fingerprint density at radius 1 is 1.24 bits per heavy atom. The minimum Gasteiger partial charge on any atom is -0.311 e. The summed E-state index contributed by atoms with van der Waals surface area (Å²) in [5, 5.41) is 3.80. The Balaban J connectivity index is 1.73. The molecule has 0 radical (unpaired) electrons. The largest absolute Gasteiger partial charge is 0.311 e. The normalized spacial score (nSPS) is 33.3. The van der Waals surface area contributed by atoms with Crippen molar-refractivity contribution in [3.05, 3.63) is 35.9 Å². The van der Waals surface area contributed by atoms with Crippen LogP contribution < -0.4 is 5.32 Å². The van der Waals surface area contributed by atoms with Crippen molar-refractivity contribution in [2.45, 2.75) is 58.2 Å². The molecule has 4 atom stereocenters. The lowest BCUT2D eigenvalue weighted by Crippen LogP contribution is -2.53. The minimum absolute atomic E-state index is 0.566. The molecule has 116 valence electrons. The Bertz CT molecular complexity index is 442. The van der Waals surface area contributed by atoms with Crippen molar-refractivity contribution in [1.82, 2.24) is 10.2 Å². The van der Waals surface area contributed by atoms with E-state index in [-0.39, 0.29) is 0 Å². The van der Waals surface area contributed by atoms with Crippen LogP contribution in [0, 0.1) is 11.8 Å². The second-order valence-corrected chi connectivity index (χ2v) is 7.33. The number of benzene rings is 1. The molecule has 1 saturated carbocycles. The molecule has 1 N–H and O–H groups in total. The number of piperazine rings is 1. The van der Waals surface area contributed by atoms with Crippen LogP contribution in [0.25, 0.3) is 0 Å². The van der Waals surface area contributed by atoms with Crippen LogP contribution in [-0.2, 0) is 0 Å². The van der Waals surface area contributed by atoms with Crippen molar-refractivity contribution < 1.29 is 0 Å². The van der Waals surface area contributed by atoms with Crippen LogP contribution in [0.15, 0.2) is 30.3 Å². The maximum atomic E-state index is 3.80. The zero-order valence-electron chi connectivity index (χ0n) is 13.8. The fourth-order valence-electron chi connectivity index (χ4n) is 4.00. The van der Waals surface area contributed by atoms with Crippen molar-refractivity contribution in [2.24, 2.45) is 11.8 Å². The van der Waals surface area contributed by atoms with Crippen molar-refractivity contribution in [1.29, 1.82) is 0 Å². The smallest absolute Gasteiger partial charge is 0.0476 e. The number of hydrogen-bond acceptors (Lipinski definition) is 2. The molecule has 21 heavy (non-hydrogen) atoms. The summed E-state index contributed by atoms with van der Waals surface area (Å²) in [5.74, 6) is 1.72. The molecule has 2 fully saturated rings. The van der Waals surface area contributed by atoms with Gasteiger partial charge in [-0.25, -0.2) is 0 Å². The summed E-state index contributed by atoms with van der Waals surface area (Å²) in [6, 6.07) is 13.1. The summed E-state index contributed by atoms with van der Waals surface area (Å²) < 4.78 is 0. The first kappa shape index (κ1) is 15.1. The van der Waals surface area contributed by atoms with Gasteiger partial charge in [-0.3, -0.25) is 4.90 Å². The predicted octanol–water partition coefficient (Wildman–Crippen LogP) is 3.85. The summed E-state index contributed by atoms with van der Waals surface area (Å²) in [7, 11) is 0. The molecule has 1 aromatic rings. The molecule has 0 amide bonds. The topological polar surface area (TPSA) is 15.3 Å². The van der Waals surface area contributed by atoms with Gasteiger partial charge in [0.15, 0.2) is 0 Å². The Labute approximate surface area is 129 Å². The van der Waals surface area contributed by atoms with E-state index in [2.05, 4.69) is 61.3 Å². The third-order valence-electron chi connectivity index (χ3n) is 5.21. The third-order valence-corrected chi connectivity index (χ3v) is 5.21. The summed E-state index contributed by atoms with van der Waals surface area (Å²) >= 11 is 0. The Kier molecular flexibility index (Phi) is 4.66. The Morgan fingerprint density at radius 3 is 2.62 bits per heavy atom. The molecule has 2 aliphatic rings. The standard InChI is InChI=1S/C19H30N2/c1-4-15-11-18(15)21-13-17(10-14(2)3)20-12-19(21)16-8-6-5-7-9-16/h5-9,14-15,17-20H,4,10-13H2,1-3H3. The van der Waals surface area contributed by atoms with E-state index in [4.69, 9.17) is 0 Å². The lowest BCUT2D eigenvalue weighted by atomic mass is 9.96. The molecule has 0 aromatic heterocycles. The van der Waals surface area contributed by atoms with E-state index in [0.29, 0.717) is 12.1 Å². The van der Waals surface area contributed by atoms with Crippen LogP contribution in [0.3, 0.4) is 0 Å². The van der Waals surface area contributed by atoms with E-state index in [1.54, 1.807) is 0 Å². The summed E-state index contributed by atoms with van der Waals surface area (Å²) in [4.78, 5) is 2.81. The van der Waals surface area contributed by atoms with Gasteiger partial charge in [-0.15, -0.1) is 0 Å². The van der Waals surface area contributed by atoms with Crippen molar-refractivity contribution in [3.63, 3.8) is 0 Å². The first-order chi connectivity index (χ1) is 10.2. The average Bonchev–Trinajstić information content (AvgIpc) is 3.27. The van der Waals surface area contributed by atoms with Crippen LogP contribution in [0.4, 0.5) is 0 Å². The van der Waals surface area contributed by atoms with E-state index in [0.717, 1.165) is 24.4 Å². The van der Waals surface area contributed by atoms with E-state index < -0.39 is 0 Å². The molecule has 3 rings (SSSR count). The van der Waals surface area contributed by atoms with Crippen LogP contribution in [0.1, 0.15) is 51.6 Å². The van der Waals surface area contributed by atoms with Gasteiger partial charge in [0.2, 0.25) is 0 Å². The maximum Gasteiger partial charge on any atom is 0.0476 e. The molecule has 1 aliphatic carbocycles. The lowest BCUT2D eigenvalue weighted by Gasteiger charge is -2.42. The number of nitrogens with zero attached hydrogens (tertiary/aromatic N) is 1. The second-order valence-electron chi connectivity index (χ2n) is 7.33. The summed E-state index contributed by atoms with van der Waals surface area (Å²) in [5.41, 5.74) is 1.48. The van der Waals surface area contributed by atoms with E-state index in [9.17, 15) is 0 Å². The van der Waals surface area contributed by atoms with Crippen molar-refractivity contribution in [2.75, 3.05) is 13.1 Å². The molecular weight excluding hydrogens is 256 g/mol. The number of hydrogen-bond donors (Lipinski definition) is 1. The molecular formula is C19H30N2. The molecule has 1 heterocycles. The van der Waals surface area contributed by atoms with E-state index >= 15 is 0 Å². The Morgan fingerprint density at radius 2 is 2.00 bits per heavy atom.